The van der Waals surface area contributed by atoms with Crippen LogP contribution in [-0.2, 0) is 0 Å². The number of aromatic nitrogens is 1. The monoisotopic (exact) mass is 338 g/mol. The van der Waals surface area contributed by atoms with E-state index in [-0.39, 0.29) is 12.5 Å². The van der Waals surface area contributed by atoms with E-state index >= 15 is 0 Å². The number of carbonyl (C=O) groups excluding carboxylic acids is 1. The van der Waals surface area contributed by atoms with E-state index in [1.165, 1.54) is 0 Å². The standard InChI is InChI=1S/C15H19BrN2O2/c1-2-3-6-18(7-8-19)15(20)14-10-11-9-12(16)4-5-13(11)17-14/h4-5,9-10,17,19H,2-3,6-8H2,1H3. The van der Waals surface area contributed by atoms with Gasteiger partial charge < -0.3 is 15.0 Å². The van der Waals surface area contributed by atoms with Crippen molar-refractivity contribution in [2.45, 2.75) is 19.8 Å². The van der Waals surface area contributed by atoms with Gasteiger partial charge in [-0.2, -0.15) is 0 Å². The topological polar surface area (TPSA) is 56.3 Å². The Hall–Kier alpha value is -1.33. The molecule has 0 spiro atoms. The number of hydrogen-bond acceptors (Lipinski definition) is 2. The summed E-state index contributed by atoms with van der Waals surface area (Å²) in [6.07, 6.45) is 1.96. The normalized spacial score (nSPS) is 10.9. The Kier molecular flexibility index (Phi) is 5.20. The van der Waals surface area contributed by atoms with Crippen molar-refractivity contribution >= 4 is 32.7 Å². The summed E-state index contributed by atoms with van der Waals surface area (Å²) in [6, 6.07) is 7.72. The Morgan fingerprint density at radius 1 is 1.35 bits per heavy atom. The molecule has 1 aromatic carbocycles. The number of aliphatic hydroxyl groups excluding tert-OH is 1. The van der Waals surface area contributed by atoms with Gasteiger partial charge in [0.1, 0.15) is 5.69 Å². The van der Waals surface area contributed by atoms with E-state index in [4.69, 9.17) is 5.11 Å². The highest BCUT2D eigenvalue weighted by Crippen LogP contribution is 2.21. The van der Waals surface area contributed by atoms with Gasteiger partial charge in [0.15, 0.2) is 0 Å². The summed E-state index contributed by atoms with van der Waals surface area (Å²) in [6.45, 7) is 3.12. The first kappa shape index (κ1) is 15.1. The Balaban J connectivity index is 2.23. The molecule has 2 aromatic rings. The van der Waals surface area contributed by atoms with Crippen molar-refractivity contribution in [1.82, 2.24) is 9.88 Å². The second kappa shape index (κ2) is 6.90. The summed E-state index contributed by atoms with van der Waals surface area (Å²) in [5.74, 6) is -0.0557. The van der Waals surface area contributed by atoms with Crippen LogP contribution in [-0.4, -0.2) is 40.6 Å². The Bertz CT molecular complexity index is 595. The molecule has 0 radical (unpaired) electrons. The number of fused-ring (bicyclic) bond motifs is 1. The van der Waals surface area contributed by atoms with Crippen molar-refractivity contribution in [2.24, 2.45) is 0 Å². The average molecular weight is 339 g/mol. The van der Waals surface area contributed by atoms with Gasteiger partial charge in [-0.3, -0.25) is 4.79 Å². The van der Waals surface area contributed by atoms with Crippen molar-refractivity contribution in [3.05, 3.63) is 34.4 Å². The summed E-state index contributed by atoms with van der Waals surface area (Å²) in [7, 11) is 0. The number of rotatable bonds is 6. The smallest absolute Gasteiger partial charge is 0.270 e. The molecule has 0 aliphatic rings. The summed E-state index contributed by atoms with van der Waals surface area (Å²) >= 11 is 3.42. The number of H-pyrrole nitrogens is 1. The van der Waals surface area contributed by atoms with Crippen LogP contribution >= 0.6 is 15.9 Å². The largest absolute Gasteiger partial charge is 0.395 e. The van der Waals surface area contributed by atoms with Crippen molar-refractivity contribution < 1.29 is 9.90 Å². The second-order valence-electron chi connectivity index (χ2n) is 4.78. The molecule has 1 heterocycles. The fraction of sp³-hybridized carbons (Fsp3) is 0.400. The number of nitrogens with one attached hydrogen (secondary N) is 1. The number of aromatic amines is 1. The third-order valence-corrected chi connectivity index (χ3v) is 3.75. The average Bonchev–Trinajstić information content (AvgIpc) is 2.85. The van der Waals surface area contributed by atoms with Crippen LogP contribution < -0.4 is 0 Å². The van der Waals surface area contributed by atoms with Crippen molar-refractivity contribution in [1.29, 1.82) is 0 Å². The maximum atomic E-state index is 12.5. The van der Waals surface area contributed by atoms with E-state index in [0.29, 0.717) is 18.8 Å². The van der Waals surface area contributed by atoms with Crippen molar-refractivity contribution in [3.63, 3.8) is 0 Å². The first-order valence-corrected chi connectivity index (χ1v) is 7.63. The predicted molar refractivity (Wildman–Crippen MR) is 83.9 cm³/mol. The molecule has 2 N–H and O–H groups in total. The van der Waals surface area contributed by atoms with Crippen LogP contribution in [0.1, 0.15) is 30.3 Å². The van der Waals surface area contributed by atoms with E-state index in [2.05, 4.69) is 27.8 Å². The zero-order valence-electron chi connectivity index (χ0n) is 11.5. The van der Waals surface area contributed by atoms with Crippen LogP contribution in [0, 0.1) is 0 Å². The Morgan fingerprint density at radius 2 is 2.15 bits per heavy atom. The Labute approximate surface area is 126 Å². The van der Waals surface area contributed by atoms with Crippen molar-refractivity contribution in [2.75, 3.05) is 19.7 Å². The molecular weight excluding hydrogens is 320 g/mol. The molecule has 0 atom stereocenters. The van der Waals surface area contributed by atoms with Gasteiger partial charge in [0.2, 0.25) is 0 Å². The lowest BCUT2D eigenvalue weighted by molar-refractivity contribution is 0.0714. The van der Waals surface area contributed by atoms with E-state index in [1.807, 2.05) is 24.3 Å². The fourth-order valence-electron chi connectivity index (χ4n) is 2.17. The van der Waals surface area contributed by atoms with Crippen molar-refractivity contribution in [3.8, 4) is 0 Å². The zero-order chi connectivity index (χ0) is 14.5. The van der Waals surface area contributed by atoms with Gasteiger partial charge >= 0.3 is 0 Å². The molecule has 20 heavy (non-hydrogen) atoms. The molecule has 4 nitrogen and oxygen atoms in total. The minimum atomic E-state index is -0.0557. The number of amides is 1. The molecule has 0 aliphatic carbocycles. The summed E-state index contributed by atoms with van der Waals surface area (Å²) in [5.41, 5.74) is 1.51. The quantitative estimate of drug-likeness (QED) is 0.849. The third kappa shape index (κ3) is 3.41. The van der Waals surface area contributed by atoms with Gasteiger partial charge in [0.25, 0.3) is 5.91 Å². The number of nitrogens with zero attached hydrogens (tertiary/aromatic N) is 1. The van der Waals surface area contributed by atoms with Gasteiger partial charge in [0.05, 0.1) is 6.61 Å². The highest BCUT2D eigenvalue weighted by molar-refractivity contribution is 9.10. The molecular formula is C15H19BrN2O2. The Morgan fingerprint density at radius 3 is 2.85 bits per heavy atom. The van der Waals surface area contributed by atoms with Gasteiger partial charge in [-0.15, -0.1) is 0 Å². The summed E-state index contributed by atoms with van der Waals surface area (Å²) in [4.78, 5) is 17.3. The number of hydrogen-bond donors (Lipinski definition) is 2. The van der Waals surface area contributed by atoms with Crippen LogP contribution in [0.15, 0.2) is 28.7 Å². The minimum Gasteiger partial charge on any atom is -0.395 e. The highest BCUT2D eigenvalue weighted by atomic mass is 79.9. The number of halogens is 1. The number of carbonyl (C=O) groups is 1. The number of aliphatic hydroxyl groups is 1. The van der Waals surface area contributed by atoms with Gasteiger partial charge in [-0.25, -0.2) is 0 Å². The minimum absolute atomic E-state index is 0.0127. The zero-order valence-corrected chi connectivity index (χ0v) is 13.1. The predicted octanol–water partition coefficient (Wildman–Crippen LogP) is 3.17. The van der Waals surface area contributed by atoms with Crippen LogP contribution in [0.25, 0.3) is 10.9 Å². The number of unbranched alkanes of at least 4 members (excludes halogenated alkanes) is 1. The number of benzene rings is 1. The maximum absolute atomic E-state index is 12.5. The molecule has 2 rings (SSSR count). The van der Waals surface area contributed by atoms with Gasteiger partial charge in [0, 0.05) is 28.5 Å². The van der Waals surface area contributed by atoms with Crippen LogP contribution in [0.5, 0.6) is 0 Å². The van der Waals surface area contributed by atoms with E-state index < -0.39 is 0 Å². The molecule has 1 aromatic heterocycles. The SMILES string of the molecule is CCCCN(CCO)C(=O)c1cc2cc(Br)ccc2[nH]1. The molecule has 1 amide bonds. The van der Waals surface area contributed by atoms with E-state index in [1.54, 1.807) is 4.90 Å². The molecule has 0 bridgehead atoms. The fourth-order valence-corrected chi connectivity index (χ4v) is 2.55. The summed E-state index contributed by atoms with van der Waals surface area (Å²) in [5, 5.41) is 10.1. The molecule has 0 saturated heterocycles. The molecule has 0 aliphatic heterocycles. The summed E-state index contributed by atoms with van der Waals surface area (Å²) < 4.78 is 0.987. The van der Waals surface area contributed by atoms with Crippen LogP contribution in [0.4, 0.5) is 0 Å². The van der Waals surface area contributed by atoms with Crippen LogP contribution in [0.2, 0.25) is 0 Å². The molecule has 108 valence electrons. The first-order chi connectivity index (χ1) is 9.65. The first-order valence-electron chi connectivity index (χ1n) is 6.84. The lowest BCUT2D eigenvalue weighted by Gasteiger charge is -2.20. The maximum Gasteiger partial charge on any atom is 0.270 e. The van der Waals surface area contributed by atoms with Gasteiger partial charge in [-0.1, -0.05) is 29.3 Å². The second-order valence-corrected chi connectivity index (χ2v) is 5.70. The lowest BCUT2D eigenvalue weighted by atomic mass is 10.2. The molecule has 0 unspecified atom stereocenters. The third-order valence-electron chi connectivity index (χ3n) is 3.25. The van der Waals surface area contributed by atoms with E-state index in [9.17, 15) is 4.79 Å². The molecule has 5 heteroatoms. The molecule has 0 saturated carbocycles. The van der Waals surface area contributed by atoms with E-state index in [0.717, 1.165) is 28.2 Å². The lowest BCUT2D eigenvalue weighted by Crippen LogP contribution is -2.34. The van der Waals surface area contributed by atoms with Gasteiger partial charge in [-0.05, 0) is 30.7 Å². The van der Waals surface area contributed by atoms with Crippen LogP contribution in [0.3, 0.4) is 0 Å². The highest BCUT2D eigenvalue weighted by Gasteiger charge is 2.17. The molecule has 0 fully saturated rings.